The fourth-order valence-electron chi connectivity index (χ4n) is 2.64. The van der Waals surface area contributed by atoms with Crippen molar-refractivity contribution < 1.29 is 9.28 Å². The van der Waals surface area contributed by atoms with Crippen molar-refractivity contribution in [2.75, 3.05) is 10.4 Å². The largest absolute Gasteiger partial charge is 0.377 e. The van der Waals surface area contributed by atoms with Crippen molar-refractivity contribution in [3.05, 3.63) is 48.0 Å². The van der Waals surface area contributed by atoms with Crippen LogP contribution in [0.4, 0.5) is 21.5 Å². The van der Waals surface area contributed by atoms with Crippen LogP contribution < -0.4 is 21.9 Å². The molecule has 1 amide bonds. The van der Waals surface area contributed by atoms with Crippen molar-refractivity contribution in [3.8, 4) is 0 Å². The van der Waals surface area contributed by atoms with Crippen molar-refractivity contribution in [3.63, 3.8) is 0 Å². The van der Waals surface area contributed by atoms with Gasteiger partial charge in [-0.3, -0.25) is 14.8 Å². The monoisotopic (exact) mass is 383 g/mol. The number of amides is 1. The molecular weight excluding hydrogens is 361 g/mol. The molecule has 0 fully saturated rings. The minimum Gasteiger partial charge on any atom is -0.377 e. The van der Waals surface area contributed by atoms with E-state index in [0.717, 1.165) is 5.69 Å². The van der Waals surface area contributed by atoms with E-state index in [1.54, 1.807) is 18.3 Å². The van der Waals surface area contributed by atoms with Crippen molar-refractivity contribution in [2.24, 2.45) is 11.5 Å². The number of carbonyl (C=O) groups is 1. The predicted octanol–water partition coefficient (Wildman–Crippen LogP) is 2.60. The number of hydrogen-bond donors (Lipinski definition) is 3. The number of aromatic nitrogens is 3. The normalized spacial score (nSPS) is 13.2. The first-order valence-corrected chi connectivity index (χ1v) is 8.77. The highest BCUT2D eigenvalue weighted by Crippen LogP contribution is 2.37. The van der Waals surface area contributed by atoms with Crippen molar-refractivity contribution in [1.82, 2.24) is 15.0 Å². The van der Waals surface area contributed by atoms with E-state index in [-0.39, 0.29) is 29.0 Å². The summed E-state index contributed by atoms with van der Waals surface area (Å²) in [5.41, 5.74) is 13.9. The van der Waals surface area contributed by atoms with Gasteiger partial charge in [0.25, 0.3) is 0 Å². The van der Waals surface area contributed by atoms with Crippen LogP contribution in [0.2, 0.25) is 0 Å². The van der Waals surface area contributed by atoms with Crippen LogP contribution in [-0.2, 0) is 0 Å². The lowest BCUT2D eigenvalue weighted by Crippen LogP contribution is -2.35. The number of nitrogens with one attached hydrogen (secondary N) is 1. The molecule has 2 atom stereocenters. The number of nitrogens with two attached hydrogens (primary N) is 2. The van der Waals surface area contributed by atoms with E-state index in [1.807, 2.05) is 20.8 Å². The molecule has 0 aliphatic carbocycles. The molecule has 28 heavy (non-hydrogen) atoms. The number of anilines is 3. The Balaban J connectivity index is 2.14. The lowest BCUT2D eigenvalue weighted by molar-refractivity contribution is 0.1000. The molecule has 0 spiro atoms. The fourth-order valence-corrected chi connectivity index (χ4v) is 2.64. The highest BCUT2D eigenvalue weighted by molar-refractivity contribution is 5.97. The number of hydrogen-bond acceptors (Lipinski definition) is 7. The van der Waals surface area contributed by atoms with Gasteiger partial charge in [-0.05, 0) is 39.0 Å². The maximum absolute atomic E-state index is 15.4. The molecule has 2 aromatic heterocycles. The van der Waals surface area contributed by atoms with Crippen molar-refractivity contribution in [2.45, 2.75) is 32.9 Å². The van der Waals surface area contributed by atoms with Gasteiger partial charge in [0, 0.05) is 24.5 Å². The Morgan fingerprint density at radius 2 is 2.00 bits per heavy atom. The fraction of sp³-hybridized carbons (Fsp3) is 0.263. The summed E-state index contributed by atoms with van der Waals surface area (Å²) in [7, 11) is 0. The van der Waals surface area contributed by atoms with Crippen LogP contribution in [0.1, 0.15) is 29.9 Å². The van der Waals surface area contributed by atoms with Crippen LogP contribution in [-0.4, -0.2) is 32.9 Å². The molecule has 0 unspecified atom stereocenters. The second-order valence-electron chi connectivity index (χ2n) is 6.71. The standard InChI is InChI=1S/C19H22FN7O/c1-10-7-24-17-15(25-10)4-5-16(18(17)26-12(3)11(2)21)27(20)14-6-13(19(22)28)8-23-9-14/h4-9,11-12,26H,21H2,1-3H3,(H2,22,28)/t11-,12+/m1/s1. The third-order valence-corrected chi connectivity index (χ3v) is 4.42. The number of carbonyl (C=O) groups excluding carboxylic acids is 1. The number of rotatable bonds is 6. The van der Waals surface area contributed by atoms with Crippen LogP contribution in [0, 0.1) is 6.92 Å². The molecule has 0 saturated carbocycles. The van der Waals surface area contributed by atoms with Crippen LogP contribution >= 0.6 is 0 Å². The van der Waals surface area contributed by atoms with E-state index in [0.29, 0.717) is 21.8 Å². The first-order chi connectivity index (χ1) is 13.3. The Kier molecular flexibility index (Phi) is 5.36. The molecule has 0 aliphatic heterocycles. The SMILES string of the molecule is Cc1cnc2c(N[C@@H](C)[C@@H](C)N)c(N(F)c3cncc(C(N)=O)c3)ccc2n1. The van der Waals surface area contributed by atoms with Gasteiger partial charge in [0.1, 0.15) is 11.2 Å². The summed E-state index contributed by atoms with van der Waals surface area (Å²) in [6.07, 6.45) is 4.20. The Morgan fingerprint density at radius 1 is 1.25 bits per heavy atom. The molecule has 0 saturated heterocycles. The second-order valence-corrected chi connectivity index (χ2v) is 6.71. The number of nitrogens with zero attached hydrogens (tertiary/aromatic N) is 4. The van der Waals surface area contributed by atoms with E-state index in [9.17, 15) is 4.79 Å². The zero-order chi connectivity index (χ0) is 20.4. The van der Waals surface area contributed by atoms with Crippen LogP contribution in [0.15, 0.2) is 36.8 Å². The molecule has 0 radical (unpaired) electrons. The average Bonchev–Trinajstić information content (AvgIpc) is 2.67. The zero-order valence-electron chi connectivity index (χ0n) is 15.8. The van der Waals surface area contributed by atoms with Crippen LogP contribution in [0.3, 0.4) is 0 Å². The third kappa shape index (κ3) is 3.84. The summed E-state index contributed by atoms with van der Waals surface area (Å²) in [6.45, 7) is 5.58. The molecule has 2 heterocycles. The van der Waals surface area contributed by atoms with E-state index in [4.69, 9.17) is 11.5 Å². The van der Waals surface area contributed by atoms with Gasteiger partial charge in [0.05, 0.1) is 34.3 Å². The number of halogens is 1. The molecule has 146 valence electrons. The van der Waals surface area contributed by atoms with Crippen LogP contribution in [0.5, 0.6) is 0 Å². The van der Waals surface area contributed by atoms with E-state index in [1.165, 1.54) is 18.5 Å². The first kappa shape index (κ1) is 19.4. The molecule has 3 aromatic rings. The highest BCUT2D eigenvalue weighted by Gasteiger charge is 2.21. The van der Waals surface area contributed by atoms with Gasteiger partial charge in [-0.25, -0.2) is 4.98 Å². The second kappa shape index (κ2) is 7.73. The maximum atomic E-state index is 15.4. The molecule has 1 aromatic carbocycles. The highest BCUT2D eigenvalue weighted by atomic mass is 19.2. The van der Waals surface area contributed by atoms with Gasteiger partial charge in [-0.2, -0.15) is 5.12 Å². The lowest BCUT2D eigenvalue weighted by atomic mass is 10.1. The minimum absolute atomic E-state index is 0.0622. The molecule has 5 N–H and O–H groups in total. The smallest absolute Gasteiger partial charge is 0.250 e. The maximum Gasteiger partial charge on any atom is 0.250 e. The minimum atomic E-state index is -0.688. The Bertz CT molecular complexity index is 1020. The van der Waals surface area contributed by atoms with Gasteiger partial charge >= 0.3 is 0 Å². The third-order valence-electron chi connectivity index (χ3n) is 4.42. The van der Waals surface area contributed by atoms with Gasteiger partial charge < -0.3 is 16.8 Å². The van der Waals surface area contributed by atoms with E-state index < -0.39 is 5.91 Å². The van der Waals surface area contributed by atoms with Gasteiger partial charge in [-0.1, -0.05) is 4.48 Å². The lowest BCUT2D eigenvalue weighted by Gasteiger charge is -2.24. The molecular formula is C19H22FN7O. The number of primary amides is 1. The topological polar surface area (TPSA) is 123 Å². The number of pyridine rings is 1. The molecule has 9 heteroatoms. The molecule has 0 bridgehead atoms. The first-order valence-electron chi connectivity index (χ1n) is 8.77. The number of aryl methyl sites for hydroxylation is 1. The van der Waals surface area contributed by atoms with E-state index in [2.05, 4.69) is 20.3 Å². The Hall–Kier alpha value is -3.33. The summed E-state index contributed by atoms with van der Waals surface area (Å²) in [5, 5.41) is 3.67. The van der Waals surface area contributed by atoms with Gasteiger partial charge in [0.15, 0.2) is 0 Å². The molecule has 3 rings (SSSR count). The summed E-state index contributed by atoms with van der Waals surface area (Å²) < 4.78 is 15.4. The Morgan fingerprint density at radius 3 is 2.68 bits per heavy atom. The quantitative estimate of drug-likeness (QED) is 0.559. The predicted molar refractivity (Wildman–Crippen MR) is 107 cm³/mol. The number of benzene rings is 1. The summed E-state index contributed by atoms with van der Waals surface area (Å²) >= 11 is 0. The zero-order valence-corrected chi connectivity index (χ0v) is 15.8. The van der Waals surface area contributed by atoms with Gasteiger partial charge in [0.2, 0.25) is 5.91 Å². The summed E-state index contributed by atoms with van der Waals surface area (Å²) in [4.78, 5) is 24.2. The summed E-state index contributed by atoms with van der Waals surface area (Å²) in [5.74, 6) is -0.688. The molecule has 8 nitrogen and oxygen atoms in total. The summed E-state index contributed by atoms with van der Waals surface area (Å²) in [6, 6.07) is 4.26. The average molecular weight is 383 g/mol. The van der Waals surface area contributed by atoms with Crippen LogP contribution in [0.25, 0.3) is 11.0 Å². The molecule has 0 aliphatic rings. The van der Waals surface area contributed by atoms with Crippen molar-refractivity contribution in [1.29, 1.82) is 0 Å². The number of fused-ring (bicyclic) bond motifs is 1. The van der Waals surface area contributed by atoms with Gasteiger partial charge in [-0.15, -0.1) is 0 Å². The van der Waals surface area contributed by atoms with Crippen molar-refractivity contribution >= 4 is 34.0 Å². The Labute approximate surface area is 161 Å². The van der Waals surface area contributed by atoms with E-state index >= 15 is 4.48 Å².